The van der Waals surface area contributed by atoms with Crippen LogP contribution in [0.4, 0.5) is 0 Å². The fourth-order valence-electron chi connectivity index (χ4n) is 3.40. The van der Waals surface area contributed by atoms with Crippen molar-refractivity contribution in [2.75, 3.05) is 0 Å². The molecule has 98 valence electrons. The molecule has 2 aliphatic rings. The maximum Gasteiger partial charge on any atom is 0.475 e. The lowest BCUT2D eigenvalue weighted by Gasteiger charge is -2.51. The van der Waals surface area contributed by atoms with Crippen LogP contribution in [0.15, 0.2) is 0 Å². The fraction of sp³-hybridized carbons (Fsp3) is 1.00. The molecule has 0 amide bonds. The van der Waals surface area contributed by atoms with E-state index in [0.717, 1.165) is 6.42 Å². The highest BCUT2D eigenvalue weighted by Gasteiger charge is 2.59. The Morgan fingerprint density at radius 3 is 2.41 bits per heavy atom. The largest absolute Gasteiger partial charge is 0.475 e. The zero-order valence-electron chi connectivity index (χ0n) is 12.0. The third kappa shape index (κ3) is 1.94. The second-order valence-electron chi connectivity index (χ2n) is 6.93. The van der Waals surface area contributed by atoms with Crippen LogP contribution in [0.2, 0.25) is 0 Å². The van der Waals surface area contributed by atoms with Gasteiger partial charge in [0.1, 0.15) is 0 Å². The monoisotopic (exact) mass is 239 g/mol. The molecular formula is C13H26BNO2. The Balaban J connectivity index is 2.26. The predicted molar refractivity (Wildman–Crippen MR) is 70.5 cm³/mol. The van der Waals surface area contributed by atoms with Crippen LogP contribution < -0.4 is 5.73 Å². The van der Waals surface area contributed by atoms with Crippen molar-refractivity contribution < 1.29 is 9.31 Å². The van der Waals surface area contributed by atoms with Crippen LogP contribution in [0.25, 0.3) is 0 Å². The molecule has 2 fully saturated rings. The van der Waals surface area contributed by atoms with E-state index in [-0.39, 0.29) is 24.8 Å². The Labute approximate surface area is 106 Å². The van der Waals surface area contributed by atoms with Crippen molar-refractivity contribution >= 4 is 7.12 Å². The van der Waals surface area contributed by atoms with E-state index in [1.54, 1.807) is 0 Å². The van der Waals surface area contributed by atoms with Gasteiger partial charge in [-0.15, -0.1) is 0 Å². The molecule has 17 heavy (non-hydrogen) atoms. The predicted octanol–water partition coefficient (Wildman–Crippen LogP) is 2.24. The Bertz CT molecular complexity index is 308. The van der Waals surface area contributed by atoms with E-state index in [2.05, 4.69) is 34.6 Å². The highest BCUT2D eigenvalue weighted by molar-refractivity contribution is 6.47. The molecular weight excluding hydrogens is 213 g/mol. The number of hydrogen-bond donors (Lipinski definition) is 1. The van der Waals surface area contributed by atoms with Crippen LogP contribution >= 0.6 is 0 Å². The van der Waals surface area contributed by atoms with E-state index in [1.165, 1.54) is 0 Å². The topological polar surface area (TPSA) is 44.5 Å². The number of nitrogens with two attached hydrogens (primary N) is 1. The van der Waals surface area contributed by atoms with Gasteiger partial charge in [-0.2, -0.15) is 0 Å². The molecule has 5 atom stereocenters. The first-order valence-electron chi connectivity index (χ1n) is 6.77. The van der Waals surface area contributed by atoms with Crippen LogP contribution in [0.5, 0.6) is 0 Å². The average Bonchev–Trinajstić information content (AvgIpc) is 2.53. The molecule has 0 spiro atoms. The van der Waals surface area contributed by atoms with Gasteiger partial charge in [-0.05, 0) is 30.6 Å². The molecule has 1 aliphatic heterocycles. The van der Waals surface area contributed by atoms with Crippen LogP contribution in [0, 0.1) is 17.3 Å². The van der Waals surface area contributed by atoms with Crippen molar-refractivity contribution in [3.8, 4) is 0 Å². The van der Waals surface area contributed by atoms with Crippen molar-refractivity contribution in [3.63, 3.8) is 0 Å². The summed E-state index contributed by atoms with van der Waals surface area (Å²) in [5, 5.41) is 0. The van der Waals surface area contributed by atoms with Gasteiger partial charge in [0.15, 0.2) is 0 Å². The highest BCUT2D eigenvalue weighted by atomic mass is 16.7. The van der Waals surface area contributed by atoms with Crippen molar-refractivity contribution in [3.05, 3.63) is 0 Å². The normalized spacial score (nSPS) is 46.8. The molecule has 2 unspecified atom stereocenters. The molecule has 4 heteroatoms. The summed E-state index contributed by atoms with van der Waals surface area (Å²) in [4.78, 5) is 0. The van der Waals surface area contributed by atoms with E-state index in [4.69, 9.17) is 15.0 Å². The van der Waals surface area contributed by atoms with Crippen molar-refractivity contribution in [2.45, 2.75) is 65.6 Å². The van der Waals surface area contributed by atoms with Gasteiger partial charge in [-0.25, -0.2) is 0 Å². The fourth-order valence-corrected chi connectivity index (χ4v) is 3.40. The van der Waals surface area contributed by atoms with Crippen LogP contribution in [-0.4, -0.2) is 24.8 Å². The number of rotatable bonds is 1. The van der Waals surface area contributed by atoms with Crippen molar-refractivity contribution in [2.24, 2.45) is 23.0 Å². The molecule has 1 saturated carbocycles. The first-order valence-corrected chi connectivity index (χ1v) is 6.77. The minimum atomic E-state index is -0.242. The quantitative estimate of drug-likeness (QED) is 0.713. The molecule has 2 N–H and O–H groups in total. The smallest absolute Gasteiger partial charge is 0.404 e. The van der Waals surface area contributed by atoms with Gasteiger partial charge in [0.2, 0.25) is 0 Å². The SMILES string of the molecule is CC(N)B1O[C@H]2C(C)C(C)(C)[C@@H](C)C[C@@]2(C)O1. The second kappa shape index (κ2) is 3.97. The molecule has 2 rings (SSSR count). The average molecular weight is 239 g/mol. The first-order chi connectivity index (χ1) is 7.68. The Morgan fingerprint density at radius 1 is 1.29 bits per heavy atom. The molecule has 1 heterocycles. The van der Waals surface area contributed by atoms with Crippen LogP contribution in [0.1, 0.15) is 48.0 Å². The van der Waals surface area contributed by atoms with Gasteiger partial charge >= 0.3 is 7.12 Å². The Morgan fingerprint density at radius 2 is 1.88 bits per heavy atom. The van der Waals surface area contributed by atoms with E-state index in [9.17, 15) is 0 Å². The number of hydrogen-bond acceptors (Lipinski definition) is 3. The van der Waals surface area contributed by atoms with Gasteiger partial charge in [-0.3, -0.25) is 0 Å². The van der Waals surface area contributed by atoms with Gasteiger partial charge in [0.05, 0.1) is 11.7 Å². The van der Waals surface area contributed by atoms with Gasteiger partial charge < -0.3 is 15.0 Å². The summed E-state index contributed by atoms with van der Waals surface area (Å²) in [6.07, 6.45) is 1.22. The Hall–Kier alpha value is -0.0551. The van der Waals surface area contributed by atoms with Gasteiger partial charge in [-0.1, -0.05) is 34.6 Å². The second-order valence-corrected chi connectivity index (χ2v) is 6.93. The molecule has 3 nitrogen and oxygen atoms in total. The van der Waals surface area contributed by atoms with Gasteiger partial charge in [0, 0.05) is 5.94 Å². The Kier molecular flexibility index (Phi) is 3.13. The highest BCUT2D eigenvalue weighted by Crippen LogP contribution is 2.53. The van der Waals surface area contributed by atoms with E-state index in [1.807, 2.05) is 6.92 Å². The lowest BCUT2D eigenvalue weighted by Crippen LogP contribution is -2.54. The maximum atomic E-state index is 6.10. The first kappa shape index (κ1) is 13.4. The van der Waals surface area contributed by atoms with Gasteiger partial charge in [0.25, 0.3) is 0 Å². The summed E-state index contributed by atoms with van der Waals surface area (Å²) >= 11 is 0. The third-order valence-electron chi connectivity index (χ3n) is 5.31. The van der Waals surface area contributed by atoms with Crippen LogP contribution in [0.3, 0.4) is 0 Å². The third-order valence-corrected chi connectivity index (χ3v) is 5.31. The van der Waals surface area contributed by atoms with E-state index < -0.39 is 0 Å². The minimum absolute atomic E-state index is 0.0666. The molecule has 0 aromatic rings. The van der Waals surface area contributed by atoms with E-state index in [0.29, 0.717) is 17.3 Å². The van der Waals surface area contributed by atoms with Crippen LogP contribution in [-0.2, 0) is 9.31 Å². The molecule has 0 bridgehead atoms. The standard InChI is InChI=1S/C13H26BNO2/c1-8-7-13(6)11(9(2)12(8,4)5)16-14(17-13)10(3)15/h8-11H,7,15H2,1-6H3/t8-,9?,10?,11-,13+/m0/s1. The summed E-state index contributed by atoms with van der Waals surface area (Å²) in [7, 11) is -0.242. The lowest BCUT2D eigenvalue weighted by atomic mass is 9.58. The minimum Gasteiger partial charge on any atom is -0.404 e. The molecule has 0 aromatic heterocycles. The summed E-state index contributed by atoms with van der Waals surface area (Å²) < 4.78 is 12.2. The summed E-state index contributed by atoms with van der Waals surface area (Å²) in [5.41, 5.74) is 6.04. The molecule has 0 aromatic carbocycles. The molecule has 1 aliphatic carbocycles. The van der Waals surface area contributed by atoms with Crippen molar-refractivity contribution in [1.82, 2.24) is 0 Å². The molecule has 0 radical (unpaired) electrons. The maximum absolute atomic E-state index is 6.10. The van der Waals surface area contributed by atoms with Crippen molar-refractivity contribution in [1.29, 1.82) is 0 Å². The summed E-state index contributed by atoms with van der Waals surface area (Å²) in [5.74, 6) is 1.05. The lowest BCUT2D eigenvalue weighted by molar-refractivity contribution is -0.0966. The molecule has 1 saturated heterocycles. The summed E-state index contributed by atoms with van der Waals surface area (Å²) in [6.45, 7) is 13.4. The van der Waals surface area contributed by atoms with E-state index >= 15 is 0 Å². The summed E-state index contributed by atoms with van der Waals surface area (Å²) in [6, 6.07) is 0. The number of fused-ring (bicyclic) bond motifs is 1. The zero-order chi connectivity index (χ0) is 13.0. The zero-order valence-corrected chi connectivity index (χ0v) is 12.0.